The number of rotatable bonds is 2. The summed E-state index contributed by atoms with van der Waals surface area (Å²) in [7, 11) is 0. The molecule has 0 atom stereocenters. The third kappa shape index (κ3) is 2.52. The van der Waals surface area contributed by atoms with E-state index in [9.17, 15) is 0 Å². The van der Waals surface area contributed by atoms with Gasteiger partial charge in [0.1, 0.15) is 5.82 Å². The van der Waals surface area contributed by atoms with Gasteiger partial charge in [-0.1, -0.05) is 48.5 Å². The van der Waals surface area contributed by atoms with Crippen molar-refractivity contribution >= 4 is 0 Å². The minimum absolute atomic E-state index is 0.794. The van der Waals surface area contributed by atoms with Crippen molar-refractivity contribution in [2.45, 2.75) is 6.92 Å². The molecule has 0 saturated heterocycles. The van der Waals surface area contributed by atoms with Crippen LogP contribution in [0.4, 0.5) is 0 Å². The van der Waals surface area contributed by atoms with Gasteiger partial charge in [0.15, 0.2) is 0 Å². The summed E-state index contributed by atoms with van der Waals surface area (Å²) in [6, 6.07) is 18.8. The first-order valence-corrected chi connectivity index (χ1v) is 6.27. The summed E-state index contributed by atoms with van der Waals surface area (Å²) in [6.07, 6.45) is 3.74. The van der Waals surface area contributed by atoms with Crippen LogP contribution in [0.5, 0.6) is 0 Å². The minimum atomic E-state index is 0.794. The van der Waals surface area contributed by atoms with Gasteiger partial charge in [0.05, 0.1) is 0 Å². The Bertz CT molecular complexity index is 673. The lowest BCUT2D eigenvalue weighted by atomic mass is 10.0. The molecule has 0 spiro atoms. The number of hydrogen-bond acceptors (Lipinski definition) is 2. The van der Waals surface area contributed by atoms with Crippen molar-refractivity contribution in [3.63, 3.8) is 0 Å². The standard InChI is InChI=1S/C17H14N2/c1-13-18-11-17(12-19-13)16-9-5-8-15(10-16)14-6-3-2-4-7-14/h2-12H,1H3. The van der Waals surface area contributed by atoms with E-state index in [0.29, 0.717) is 0 Å². The van der Waals surface area contributed by atoms with Crippen molar-refractivity contribution in [1.29, 1.82) is 0 Å². The molecular weight excluding hydrogens is 232 g/mol. The predicted molar refractivity (Wildman–Crippen MR) is 77.6 cm³/mol. The molecule has 2 nitrogen and oxygen atoms in total. The second kappa shape index (κ2) is 5.02. The number of nitrogens with zero attached hydrogens (tertiary/aromatic N) is 2. The van der Waals surface area contributed by atoms with Crippen molar-refractivity contribution < 1.29 is 0 Å². The van der Waals surface area contributed by atoms with E-state index in [4.69, 9.17) is 0 Å². The average molecular weight is 246 g/mol. The number of benzene rings is 2. The van der Waals surface area contributed by atoms with E-state index in [-0.39, 0.29) is 0 Å². The highest BCUT2D eigenvalue weighted by atomic mass is 14.8. The largest absolute Gasteiger partial charge is 0.241 e. The molecule has 0 aliphatic rings. The van der Waals surface area contributed by atoms with Crippen molar-refractivity contribution in [3.05, 3.63) is 72.8 Å². The smallest absolute Gasteiger partial charge is 0.125 e. The van der Waals surface area contributed by atoms with Gasteiger partial charge in [-0.05, 0) is 29.7 Å². The van der Waals surface area contributed by atoms with Crippen molar-refractivity contribution in [3.8, 4) is 22.3 Å². The first-order valence-electron chi connectivity index (χ1n) is 6.27. The Morgan fingerprint density at radius 1 is 0.632 bits per heavy atom. The lowest BCUT2D eigenvalue weighted by Gasteiger charge is -2.05. The van der Waals surface area contributed by atoms with E-state index in [2.05, 4.69) is 58.5 Å². The highest BCUT2D eigenvalue weighted by Crippen LogP contribution is 2.25. The zero-order chi connectivity index (χ0) is 13.1. The zero-order valence-electron chi connectivity index (χ0n) is 10.7. The molecule has 1 aromatic heterocycles. The maximum Gasteiger partial charge on any atom is 0.125 e. The number of aryl methyl sites for hydroxylation is 1. The summed E-state index contributed by atoms with van der Waals surface area (Å²) in [5, 5.41) is 0. The summed E-state index contributed by atoms with van der Waals surface area (Å²) in [5.74, 6) is 0.794. The molecule has 1 heterocycles. The van der Waals surface area contributed by atoms with Crippen LogP contribution in [-0.2, 0) is 0 Å². The molecule has 3 aromatic rings. The van der Waals surface area contributed by atoms with Crippen molar-refractivity contribution in [2.24, 2.45) is 0 Å². The van der Waals surface area contributed by atoms with Crippen LogP contribution in [0.3, 0.4) is 0 Å². The summed E-state index contributed by atoms with van der Waals surface area (Å²) in [5.41, 5.74) is 4.61. The van der Waals surface area contributed by atoms with Crippen LogP contribution in [0.2, 0.25) is 0 Å². The van der Waals surface area contributed by atoms with E-state index in [0.717, 1.165) is 17.0 Å². The topological polar surface area (TPSA) is 25.8 Å². The van der Waals surface area contributed by atoms with Gasteiger partial charge in [-0.25, -0.2) is 9.97 Å². The number of aromatic nitrogens is 2. The Labute approximate surface area is 112 Å². The fourth-order valence-electron chi connectivity index (χ4n) is 2.05. The molecule has 2 heteroatoms. The molecule has 0 aliphatic heterocycles. The third-order valence-corrected chi connectivity index (χ3v) is 3.08. The van der Waals surface area contributed by atoms with Gasteiger partial charge in [0, 0.05) is 18.0 Å². The second-order valence-corrected chi connectivity index (χ2v) is 4.47. The summed E-state index contributed by atoms with van der Waals surface area (Å²) in [6.45, 7) is 1.89. The van der Waals surface area contributed by atoms with Gasteiger partial charge in [0.2, 0.25) is 0 Å². The molecule has 0 bridgehead atoms. The van der Waals surface area contributed by atoms with Gasteiger partial charge in [-0.3, -0.25) is 0 Å². The Kier molecular flexibility index (Phi) is 3.07. The Hall–Kier alpha value is -2.48. The third-order valence-electron chi connectivity index (χ3n) is 3.08. The average Bonchev–Trinajstić information content (AvgIpc) is 2.49. The molecule has 0 unspecified atom stereocenters. The molecule has 0 radical (unpaired) electrons. The quantitative estimate of drug-likeness (QED) is 0.679. The lowest BCUT2D eigenvalue weighted by molar-refractivity contribution is 1.06. The van der Waals surface area contributed by atoms with Gasteiger partial charge < -0.3 is 0 Å². The van der Waals surface area contributed by atoms with Gasteiger partial charge in [0.25, 0.3) is 0 Å². The summed E-state index contributed by atoms with van der Waals surface area (Å²) >= 11 is 0. The summed E-state index contributed by atoms with van der Waals surface area (Å²) in [4.78, 5) is 8.49. The molecular formula is C17H14N2. The van der Waals surface area contributed by atoms with E-state index < -0.39 is 0 Å². The van der Waals surface area contributed by atoms with Crippen LogP contribution >= 0.6 is 0 Å². The van der Waals surface area contributed by atoms with Gasteiger partial charge >= 0.3 is 0 Å². The maximum absolute atomic E-state index is 4.25. The van der Waals surface area contributed by atoms with Crippen molar-refractivity contribution in [2.75, 3.05) is 0 Å². The molecule has 3 rings (SSSR count). The monoisotopic (exact) mass is 246 g/mol. The van der Waals surface area contributed by atoms with Crippen LogP contribution in [0, 0.1) is 6.92 Å². The van der Waals surface area contributed by atoms with Crippen LogP contribution in [-0.4, -0.2) is 9.97 Å². The number of hydrogen-bond donors (Lipinski definition) is 0. The summed E-state index contributed by atoms with van der Waals surface area (Å²) < 4.78 is 0. The highest BCUT2D eigenvalue weighted by molar-refractivity contribution is 5.72. The zero-order valence-corrected chi connectivity index (χ0v) is 10.7. The molecule has 0 amide bonds. The van der Waals surface area contributed by atoms with Crippen LogP contribution in [0.15, 0.2) is 67.0 Å². The van der Waals surface area contributed by atoms with Crippen LogP contribution < -0.4 is 0 Å². The highest BCUT2D eigenvalue weighted by Gasteiger charge is 2.02. The van der Waals surface area contributed by atoms with Crippen LogP contribution in [0.1, 0.15) is 5.82 Å². The Morgan fingerprint density at radius 2 is 1.21 bits per heavy atom. The van der Waals surface area contributed by atoms with E-state index in [1.807, 2.05) is 25.4 Å². The van der Waals surface area contributed by atoms with Crippen LogP contribution in [0.25, 0.3) is 22.3 Å². The Balaban J connectivity index is 2.03. The van der Waals surface area contributed by atoms with E-state index in [1.54, 1.807) is 0 Å². The maximum atomic E-state index is 4.25. The SMILES string of the molecule is Cc1ncc(-c2cccc(-c3ccccc3)c2)cn1. The van der Waals surface area contributed by atoms with Gasteiger partial charge in [-0.2, -0.15) is 0 Å². The Morgan fingerprint density at radius 3 is 1.89 bits per heavy atom. The molecule has 0 aliphatic carbocycles. The van der Waals surface area contributed by atoms with E-state index in [1.165, 1.54) is 11.1 Å². The fraction of sp³-hybridized carbons (Fsp3) is 0.0588. The molecule has 0 N–H and O–H groups in total. The molecule has 2 aromatic carbocycles. The second-order valence-electron chi connectivity index (χ2n) is 4.47. The minimum Gasteiger partial charge on any atom is -0.241 e. The van der Waals surface area contributed by atoms with Gasteiger partial charge in [-0.15, -0.1) is 0 Å². The molecule has 0 saturated carbocycles. The molecule has 92 valence electrons. The molecule has 0 fully saturated rings. The molecule has 19 heavy (non-hydrogen) atoms. The first-order chi connectivity index (χ1) is 9.33. The van der Waals surface area contributed by atoms with E-state index >= 15 is 0 Å². The predicted octanol–water partition coefficient (Wildman–Crippen LogP) is 4.12. The normalized spacial score (nSPS) is 10.4. The lowest BCUT2D eigenvalue weighted by Crippen LogP contribution is -1.88. The fourth-order valence-corrected chi connectivity index (χ4v) is 2.05. The first kappa shape index (κ1) is 11.6. The van der Waals surface area contributed by atoms with Crippen molar-refractivity contribution in [1.82, 2.24) is 9.97 Å².